The second kappa shape index (κ2) is 2.48. The Bertz CT molecular complexity index is 45.6. The first-order valence-corrected chi connectivity index (χ1v) is 1.96. The number of thiol groups is 2. The largest absolute Gasteiger partial charge is 0.403 e. The smallest absolute Gasteiger partial charge is 0.0495 e. The van der Waals surface area contributed by atoms with Crippen LogP contribution in [-0.4, -0.2) is 0 Å². The van der Waals surface area contributed by atoms with Gasteiger partial charge in [0.25, 0.3) is 0 Å². The minimum atomic E-state index is 0.546. The Morgan fingerprint density at radius 2 is 1.80 bits per heavy atom. The van der Waals surface area contributed by atoms with Gasteiger partial charge in [0.1, 0.15) is 0 Å². The van der Waals surface area contributed by atoms with Crippen molar-refractivity contribution < 1.29 is 0 Å². The van der Waals surface area contributed by atoms with Gasteiger partial charge in [-0.2, -0.15) is 0 Å². The van der Waals surface area contributed by atoms with E-state index in [1.165, 1.54) is 6.20 Å². The molecule has 0 aliphatic heterocycles. The topological polar surface area (TPSA) is 26.0 Å². The van der Waals surface area contributed by atoms with Crippen LogP contribution >= 0.6 is 25.3 Å². The summed E-state index contributed by atoms with van der Waals surface area (Å²) in [7, 11) is 0. The Balaban J connectivity index is 3.14. The van der Waals surface area contributed by atoms with Crippen LogP contribution in [0.15, 0.2) is 10.4 Å². The van der Waals surface area contributed by atoms with Crippen molar-refractivity contribution in [1.82, 2.24) is 0 Å². The van der Waals surface area contributed by atoms with Crippen molar-refractivity contribution in [3.05, 3.63) is 10.4 Å². The zero-order valence-electron chi connectivity index (χ0n) is 2.55. The summed E-state index contributed by atoms with van der Waals surface area (Å²) in [6.07, 6.45) is 1.31. The highest BCUT2D eigenvalue weighted by Gasteiger charge is 1.63. The summed E-state index contributed by atoms with van der Waals surface area (Å²) < 4.78 is 0.546. The molecular weight excluding hydrogens is 102 g/mol. The minimum absolute atomic E-state index is 0.546. The van der Waals surface area contributed by atoms with Gasteiger partial charge in [-0.1, -0.05) is 0 Å². The lowest BCUT2D eigenvalue weighted by Crippen LogP contribution is -1.73. The third-order valence-corrected chi connectivity index (χ3v) is 0.447. The molecular formula is C2H5NS2. The number of nitrogens with two attached hydrogens (primary N) is 1. The molecule has 0 aromatic carbocycles. The van der Waals surface area contributed by atoms with Crippen LogP contribution in [0.3, 0.4) is 0 Å². The molecule has 0 saturated heterocycles. The minimum Gasteiger partial charge on any atom is -0.403 e. The van der Waals surface area contributed by atoms with Crippen LogP contribution in [0.4, 0.5) is 0 Å². The van der Waals surface area contributed by atoms with Crippen molar-refractivity contribution >= 4 is 25.3 Å². The summed E-state index contributed by atoms with van der Waals surface area (Å²) in [6.45, 7) is 0. The van der Waals surface area contributed by atoms with Gasteiger partial charge in [-0.25, -0.2) is 0 Å². The normalized spacial score (nSPS) is 6.80. The molecule has 0 rings (SSSR count). The van der Waals surface area contributed by atoms with Gasteiger partial charge in [0, 0.05) is 10.4 Å². The highest BCUT2D eigenvalue weighted by Crippen LogP contribution is 1.99. The molecule has 3 heteroatoms. The molecule has 0 atom stereocenters. The fourth-order valence-corrected chi connectivity index (χ4v) is 0. The molecule has 0 aromatic heterocycles. The van der Waals surface area contributed by atoms with Crippen LogP contribution in [0.25, 0.3) is 0 Å². The Morgan fingerprint density at radius 1 is 1.60 bits per heavy atom. The van der Waals surface area contributed by atoms with Crippen molar-refractivity contribution in [2.24, 2.45) is 5.73 Å². The summed E-state index contributed by atoms with van der Waals surface area (Å²) in [5, 5.41) is 0. The monoisotopic (exact) mass is 107 g/mol. The number of hydrogen-bond acceptors (Lipinski definition) is 3. The molecule has 0 saturated carbocycles. The highest BCUT2D eigenvalue weighted by atomic mass is 32.2. The second-order valence-corrected chi connectivity index (χ2v) is 1.84. The first-order valence-electron chi connectivity index (χ1n) is 1.07. The molecule has 0 aliphatic carbocycles. The van der Waals surface area contributed by atoms with Crippen LogP contribution < -0.4 is 5.73 Å². The predicted octanol–water partition coefficient (Wildman–Crippen LogP) is 0.604. The van der Waals surface area contributed by atoms with Crippen LogP contribution in [0, 0.1) is 0 Å². The average Bonchev–Trinajstić information content (AvgIpc) is 1.38. The second-order valence-electron chi connectivity index (χ2n) is 0.525. The first kappa shape index (κ1) is 5.24. The molecule has 2 N–H and O–H groups in total. The van der Waals surface area contributed by atoms with Crippen LogP contribution in [-0.2, 0) is 0 Å². The van der Waals surface area contributed by atoms with Crippen molar-refractivity contribution in [1.29, 1.82) is 0 Å². The Kier molecular flexibility index (Phi) is 2.59. The zero-order chi connectivity index (χ0) is 4.28. The third kappa shape index (κ3) is 4.24. The van der Waals surface area contributed by atoms with E-state index < -0.39 is 0 Å². The van der Waals surface area contributed by atoms with E-state index in [0.29, 0.717) is 4.24 Å². The SMILES string of the molecule is NC=C(S)S. The lowest BCUT2D eigenvalue weighted by atomic mass is 11.1. The summed E-state index contributed by atoms with van der Waals surface area (Å²) in [6, 6.07) is 0. The molecule has 0 aliphatic rings. The van der Waals surface area contributed by atoms with E-state index in [2.05, 4.69) is 25.3 Å². The van der Waals surface area contributed by atoms with E-state index in [-0.39, 0.29) is 0 Å². The molecule has 0 unspecified atom stereocenters. The fourth-order valence-electron chi connectivity index (χ4n) is 0. The Morgan fingerprint density at radius 3 is 1.80 bits per heavy atom. The molecule has 0 radical (unpaired) electrons. The molecule has 0 fully saturated rings. The summed E-state index contributed by atoms with van der Waals surface area (Å²) >= 11 is 7.40. The summed E-state index contributed by atoms with van der Waals surface area (Å²) in [5.41, 5.74) is 4.86. The maximum absolute atomic E-state index is 4.86. The molecule has 30 valence electrons. The molecule has 0 spiro atoms. The van der Waals surface area contributed by atoms with Gasteiger partial charge in [-0.3, -0.25) is 0 Å². The van der Waals surface area contributed by atoms with E-state index in [9.17, 15) is 0 Å². The Labute approximate surface area is 42.1 Å². The molecule has 1 nitrogen and oxygen atoms in total. The highest BCUT2D eigenvalue weighted by molar-refractivity contribution is 8.04. The standard InChI is InChI=1S/C2H5NS2/c3-1-2(4)5/h1,4-5H,3H2. The number of hydrogen-bond donors (Lipinski definition) is 3. The van der Waals surface area contributed by atoms with E-state index in [4.69, 9.17) is 5.73 Å². The van der Waals surface area contributed by atoms with Crippen LogP contribution in [0.2, 0.25) is 0 Å². The van der Waals surface area contributed by atoms with E-state index in [1.807, 2.05) is 0 Å². The van der Waals surface area contributed by atoms with Crippen LogP contribution in [0.1, 0.15) is 0 Å². The van der Waals surface area contributed by atoms with Gasteiger partial charge in [-0.05, 0) is 0 Å². The van der Waals surface area contributed by atoms with Gasteiger partial charge in [0.05, 0.1) is 0 Å². The maximum Gasteiger partial charge on any atom is 0.0495 e. The van der Waals surface area contributed by atoms with Gasteiger partial charge >= 0.3 is 0 Å². The third-order valence-electron chi connectivity index (χ3n) is 0.149. The van der Waals surface area contributed by atoms with Crippen molar-refractivity contribution in [3.8, 4) is 0 Å². The molecule has 0 heterocycles. The molecule has 0 amide bonds. The maximum atomic E-state index is 4.86. The quantitative estimate of drug-likeness (QED) is 0.388. The fraction of sp³-hybridized carbons (Fsp3) is 0. The van der Waals surface area contributed by atoms with E-state index in [0.717, 1.165) is 0 Å². The lowest BCUT2D eigenvalue weighted by molar-refractivity contribution is 1.62. The van der Waals surface area contributed by atoms with Crippen molar-refractivity contribution in [3.63, 3.8) is 0 Å². The van der Waals surface area contributed by atoms with Crippen molar-refractivity contribution in [2.45, 2.75) is 0 Å². The molecule has 0 aromatic rings. The van der Waals surface area contributed by atoms with E-state index in [1.54, 1.807) is 0 Å². The zero-order valence-corrected chi connectivity index (χ0v) is 4.34. The van der Waals surface area contributed by atoms with Gasteiger partial charge in [-0.15, -0.1) is 25.3 Å². The van der Waals surface area contributed by atoms with Gasteiger partial charge in [0.15, 0.2) is 0 Å². The van der Waals surface area contributed by atoms with E-state index >= 15 is 0 Å². The average molecular weight is 107 g/mol. The summed E-state index contributed by atoms with van der Waals surface area (Å²) in [4.78, 5) is 0. The molecule has 5 heavy (non-hydrogen) atoms. The van der Waals surface area contributed by atoms with Crippen LogP contribution in [0.5, 0.6) is 0 Å². The molecule has 0 bridgehead atoms. The van der Waals surface area contributed by atoms with Crippen molar-refractivity contribution in [2.75, 3.05) is 0 Å². The Hall–Kier alpha value is 0.240. The lowest BCUT2D eigenvalue weighted by Gasteiger charge is -1.72. The predicted molar refractivity (Wildman–Crippen MR) is 30.2 cm³/mol. The number of rotatable bonds is 0. The first-order chi connectivity index (χ1) is 2.27. The summed E-state index contributed by atoms with van der Waals surface area (Å²) in [5.74, 6) is 0. The van der Waals surface area contributed by atoms with Gasteiger partial charge in [0.2, 0.25) is 0 Å². The van der Waals surface area contributed by atoms with Gasteiger partial charge < -0.3 is 5.73 Å².